The van der Waals surface area contributed by atoms with Gasteiger partial charge in [-0.1, -0.05) is 29.8 Å². The fourth-order valence-electron chi connectivity index (χ4n) is 3.74. The van der Waals surface area contributed by atoms with Crippen LogP contribution in [0.1, 0.15) is 11.1 Å². The first-order valence-electron chi connectivity index (χ1n) is 10.1. The summed E-state index contributed by atoms with van der Waals surface area (Å²) in [6, 6.07) is 12.2. The van der Waals surface area contributed by atoms with Crippen LogP contribution < -0.4 is 20.3 Å². The van der Waals surface area contributed by atoms with Crippen molar-refractivity contribution in [1.29, 1.82) is 0 Å². The van der Waals surface area contributed by atoms with E-state index in [0.717, 1.165) is 48.8 Å². The molecule has 2 N–H and O–H groups in total. The van der Waals surface area contributed by atoms with E-state index in [1.165, 1.54) is 5.69 Å². The van der Waals surface area contributed by atoms with E-state index < -0.39 is 0 Å². The van der Waals surface area contributed by atoms with Gasteiger partial charge in [0.05, 0.1) is 32.2 Å². The van der Waals surface area contributed by atoms with Crippen LogP contribution in [0.15, 0.2) is 42.6 Å². The van der Waals surface area contributed by atoms with Gasteiger partial charge >= 0.3 is 0 Å². The molecule has 2 aliphatic heterocycles. The van der Waals surface area contributed by atoms with Crippen LogP contribution in [0.2, 0.25) is 5.02 Å². The Kier molecular flexibility index (Phi) is 5.36. The molecular formula is C23H22ClN5O2. The SMILES string of the molecule is COc1ccc2cc1Nc1nc(ncc1Cl)Nc1ccc(N3CCOCC3)c(c1)/C=C\2. The van der Waals surface area contributed by atoms with Gasteiger partial charge in [-0.25, -0.2) is 4.98 Å². The summed E-state index contributed by atoms with van der Waals surface area (Å²) in [4.78, 5) is 11.2. The third-order valence-corrected chi connectivity index (χ3v) is 5.59. The van der Waals surface area contributed by atoms with Crippen molar-refractivity contribution in [3.63, 3.8) is 0 Å². The summed E-state index contributed by atoms with van der Waals surface area (Å²) in [5, 5.41) is 6.99. The number of hydrogen-bond acceptors (Lipinski definition) is 7. The van der Waals surface area contributed by atoms with Gasteiger partial charge in [0.2, 0.25) is 5.95 Å². The highest BCUT2D eigenvalue weighted by Gasteiger charge is 2.16. The number of benzene rings is 2. The summed E-state index contributed by atoms with van der Waals surface area (Å²) < 4.78 is 11.0. The molecule has 6 bridgehead atoms. The van der Waals surface area contributed by atoms with Crippen molar-refractivity contribution in [3.05, 3.63) is 58.7 Å². The third-order valence-electron chi connectivity index (χ3n) is 5.31. The normalized spacial score (nSPS) is 16.1. The van der Waals surface area contributed by atoms with E-state index in [4.69, 9.17) is 21.1 Å². The molecule has 1 saturated heterocycles. The van der Waals surface area contributed by atoms with E-state index in [-0.39, 0.29) is 0 Å². The average Bonchev–Trinajstić information content (AvgIpc) is 2.81. The molecule has 3 heterocycles. The number of fused-ring (bicyclic) bond motifs is 6. The molecule has 0 radical (unpaired) electrons. The molecule has 0 aliphatic carbocycles. The smallest absolute Gasteiger partial charge is 0.229 e. The van der Waals surface area contributed by atoms with E-state index in [9.17, 15) is 0 Å². The maximum absolute atomic E-state index is 6.35. The predicted octanol–water partition coefficient (Wildman–Crippen LogP) is 4.95. The Morgan fingerprint density at radius 1 is 1.06 bits per heavy atom. The van der Waals surface area contributed by atoms with Crippen LogP contribution in [-0.2, 0) is 4.74 Å². The van der Waals surface area contributed by atoms with Gasteiger partial charge in [-0.05, 0) is 41.5 Å². The van der Waals surface area contributed by atoms with Crippen LogP contribution >= 0.6 is 11.6 Å². The number of methoxy groups -OCH3 is 1. The van der Waals surface area contributed by atoms with Crippen LogP contribution in [0.3, 0.4) is 0 Å². The zero-order chi connectivity index (χ0) is 21.2. The summed E-state index contributed by atoms with van der Waals surface area (Å²) in [5.74, 6) is 1.66. The fourth-order valence-corrected chi connectivity index (χ4v) is 3.88. The number of hydrogen-bond donors (Lipinski definition) is 2. The van der Waals surface area contributed by atoms with Gasteiger partial charge in [0.15, 0.2) is 5.82 Å². The maximum Gasteiger partial charge on any atom is 0.229 e. The van der Waals surface area contributed by atoms with Gasteiger partial charge in [0.25, 0.3) is 0 Å². The molecule has 1 fully saturated rings. The summed E-state index contributed by atoms with van der Waals surface area (Å²) in [5.41, 5.74) is 4.97. The zero-order valence-electron chi connectivity index (χ0n) is 17.1. The average molecular weight is 436 g/mol. The second-order valence-corrected chi connectivity index (χ2v) is 7.71. The Labute approximate surface area is 185 Å². The molecule has 0 amide bonds. The van der Waals surface area contributed by atoms with Crippen molar-refractivity contribution in [3.8, 4) is 5.75 Å². The molecular weight excluding hydrogens is 414 g/mol. The number of rotatable bonds is 2. The second kappa shape index (κ2) is 8.45. The minimum absolute atomic E-state index is 0.423. The largest absolute Gasteiger partial charge is 0.495 e. The summed E-state index contributed by atoms with van der Waals surface area (Å²) in [6.07, 6.45) is 5.80. The number of aromatic nitrogens is 2. The Balaban J connectivity index is 1.64. The molecule has 0 atom stereocenters. The van der Waals surface area contributed by atoms with Crippen molar-refractivity contribution in [1.82, 2.24) is 9.97 Å². The Morgan fingerprint density at radius 2 is 1.94 bits per heavy atom. The first kappa shape index (κ1) is 19.7. The van der Waals surface area contributed by atoms with Crippen LogP contribution in [-0.4, -0.2) is 43.4 Å². The second-order valence-electron chi connectivity index (χ2n) is 7.31. The van der Waals surface area contributed by atoms with Gasteiger partial charge in [0, 0.05) is 24.5 Å². The highest BCUT2D eigenvalue weighted by atomic mass is 35.5. The highest BCUT2D eigenvalue weighted by molar-refractivity contribution is 6.33. The van der Waals surface area contributed by atoms with Crippen molar-refractivity contribution >= 4 is 52.6 Å². The van der Waals surface area contributed by atoms with E-state index in [1.54, 1.807) is 13.3 Å². The number of ether oxygens (including phenoxy) is 2. The summed E-state index contributed by atoms with van der Waals surface area (Å²) in [7, 11) is 1.64. The first-order chi connectivity index (χ1) is 15.2. The molecule has 31 heavy (non-hydrogen) atoms. The number of nitrogens with one attached hydrogen (secondary N) is 2. The van der Waals surface area contributed by atoms with Crippen molar-refractivity contribution in [2.45, 2.75) is 0 Å². The lowest BCUT2D eigenvalue weighted by atomic mass is 10.1. The van der Waals surface area contributed by atoms with Gasteiger partial charge < -0.3 is 25.0 Å². The van der Waals surface area contributed by atoms with Crippen LogP contribution in [0, 0.1) is 0 Å². The van der Waals surface area contributed by atoms with Crippen molar-refractivity contribution in [2.24, 2.45) is 0 Å². The van der Waals surface area contributed by atoms with Gasteiger partial charge in [-0.3, -0.25) is 0 Å². The van der Waals surface area contributed by atoms with Crippen molar-refractivity contribution in [2.75, 3.05) is 48.9 Å². The lowest BCUT2D eigenvalue weighted by Gasteiger charge is -2.30. The fraction of sp³-hybridized carbons (Fsp3) is 0.217. The minimum Gasteiger partial charge on any atom is -0.495 e. The van der Waals surface area contributed by atoms with Crippen LogP contribution in [0.4, 0.5) is 28.8 Å². The molecule has 1 aromatic heterocycles. The number of nitrogens with zero attached hydrogens (tertiary/aromatic N) is 3. The molecule has 5 rings (SSSR count). The lowest BCUT2D eigenvalue weighted by molar-refractivity contribution is 0.122. The molecule has 7 nitrogen and oxygen atoms in total. The highest BCUT2D eigenvalue weighted by Crippen LogP contribution is 2.34. The first-order valence-corrected chi connectivity index (χ1v) is 10.5. The maximum atomic E-state index is 6.35. The molecule has 0 spiro atoms. The molecule has 158 valence electrons. The molecule has 2 aliphatic rings. The van der Waals surface area contributed by atoms with Gasteiger partial charge in [-0.15, -0.1) is 0 Å². The quantitative estimate of drug-likeness (QED) is 0.461. The Hall–Kier alpha value is -3.29. The van der Waals surface area contributed by atoms with Crippen molar-refractivity contribution < 1.29 is 9.47 Å². The predicted molar refractivity (Wildman–Crippen MR) is 125 cm³/mol. The topological polar surface area (TPSA) is 71.5 Å². The van der Waals surface area contributed by atoms with E-state index in [1.807, 2.05) is 24.3 Å². The van der Waals surface area contributed by atoms with Gasteiger partial charge in [0.1, 0.15) is 10.8 Å². The summed E-state index contributed by atoms with van der Waals surface area (Å²) in [6.45, 7) is 3.21. The Bertz CT molecular complexity index is 1140. The molecule has 8 heteroatoms. The minimum atomic E-state index is 0.423. The summed E-state index contributed by atoms with van der Waals surface area (Å²) >= 11 is 6.35. The molecule has 2 aromatic carbocycles. The van der Waals surface area contributed by atoms with Crippen LogP contribution in [0.5, 0.6) is 5.75 Å². The standard InChI is InChI=1S/C23H22ClN5O2/c1-30-21-7-3-15-2-4-16-13-17(5-6-20(16)29-8-10-31-11-9-29)26-23-25-14-18(24)22(28-23)27-19(21)12-15/h2-7,12-14H,8-11H2,1H3,(H2,25,26,27,28)/b4-2-. The number of anilines is 5. The Morgan fingerprint density at radius 3 is 2.77 bits per heavy atom. The molecule has 0 saturated carbocycles. The lowest BCUT2D eigenvalue weighted by Crippen LogP contribution is -2.36. The third kappa shape index (κ3) is 4.15. The monoisotopic (exact) mass is 435 g/mol. The van der Waals surface area contributed by atoms with E-state index in [2.05, 4.69) is 49.8 Å². The molecule has 3 aromatic rings. The van der Waals surface area contributed by atoms with Gasteiger partial charge in [-0.2, -0.15) is 4.98 Å². The number of halogens is 1. The van der Waals surface area contributed by atoms with E-state index in [0.29, 0.717) is 22.5 Å². The molecule has 0 unspecified atom stereocenters. The zero-order valence-corrected chi connectivity index (χ0v) is 17.8. The van der Waals surface area contributed by atoms with Crippen LogP contribution in [0.25, 0.3) is 12.2 Å². The number of morpholine rings is 1. The van der Waals surface area contributed by atoms with E-state index >= 15 is 0 Å².